The van der Waals surface area contributed by atoms with Crippen molar-refractivity contribution in [1.29, 1.82) is 0 Å². The number of hydrogen-bond donors (Lipinski definition) is 1. The van der Waals surface area contributed by atoms with Gasteiger partial charge in [-0.1, -0.05) is 6.07 Å². The van der Waals surface area contributed by atoms with Crippen LogP contribution in [-0.2, 0) is 22.6 Å². The highest BCUT2D eigenvalue weighted by Crippen LogP contribution is 2.30. The number of piperazine rings is 1. The number of nitrogens with one attached hydrogen (secondary N) is 1. The third-order valence-corrected chi connectivity index (χ3v) is 6.92. The number of anilines is 1. The van der Waals surface area contributed by atoms with E-state index >= 15 is 0 Å². The maximum Gasteiger partial charge on any atom is 0.414 e. The molecule has 0 spiro atoms. The van der Waals surface area contributed by atoms with Crippen molar-refractivity contribution < 1.29 is 19.1 Å². The molecule has 180 valence electrons. The number of pyridine rings is 1. The van der Waals surface area contributed by atoms with Gasteiger partial charge in [0.1, 0.15) is 13.2 Å². The van der Waals surface area contributed by atoms with Crippen molar-refractivity contribution in [2.24, 2.45) is 0 Å². The second-order valence-electron chi connectivity index (χ2n) is 9.06. The SMILES string of the molecule is Cc1c(C2CN(Cc3cnn(-c4cc(N5CCOC5=O)ccn4)c3)CCN2)ccc2c1COC2=O. The summed E-state index contributed by atoms with van der Waals surface area (Å²) in [6, 6.07) is 7.76. The van der Waals surface area contributed by atoms with E-state index in [4.69, 9.17) is 9.47 Å². The first-order chi connectivity index (χ1) is 17.1. The molecular formula is C25H26N6O4. The summed E-state index contributed by atoms with van der Waals surface area (Å²) in [5, 5.41) is 8.13. The van der Waals surface area contributed by atoms with E-state index in [1.165, 1.54) is 5.56 Å². The van der Waals surface area contributed by atoms with Crippen molar-refractivity contribution in [3.05, 3.63) is 70.7 Å². The van der Waals surface area contributed by atoms with Gasteiger partial charge in [0.2, 0.25) is 0 Å². The molecule has 5 heterocycles. The Labute approximate surface area is 202 Å². The molecule has 6 rings (SSSR count). The van der Waals surface area contributed by atoms with Crippen molar-refractivity contribution in [1.82, 2.24) is 25.0 Å². The minimum absolute atomic E-state index is 0.179. The number of hydrogen-bond acceptors (Lipinski definition) is 8. The molecule has 0 bridgehead atoms. The predicted octanol–water partition coefficient (Wildman–Crippen LogP) is 2.35. The van der Waals surface area contributed by atoms with Crippen LogP contribution >= 0.6 is 0 Å². The van der Waals surface area contributed by atoms with Crippen LogP contribution in [0.4, 0.5) is 10.5 Å². The van der Waals surface area contributed by atoms with Gasteiger partial charge >= 0.3 is 12.1 Å². The number of nitrogens with zero attached hydrogens (tertiary/aromatic N) is 5. The number of rotatable bonds is 5. The molecule has 0 aliphatic carbocycles. The van der Waals surface area contributed by atoms with Crippen molar-refractivity contribution in [3.8, 4) is 5.82 Å². The maximum atomic E-state index is 11.9. The van der Waals surface area contributed by atoms with Crippen LogP contribution in [0.15, 0.2) is 42.9 Å². The first-order valence-electron chi connectivity index (χ1n) is 11.8. The van der Waals surface area contributed by atoms with Gasteiger partial charge in [-0.15, -0.1) is 0 Å². The van der Waals surface area contributed by atoms with Crippen molar-refractivity contribution in [3.63, 3.8) is 0 Å². The first kappa shape index (κ1) is 21.8. The lowest BCUT2D eigenvalue weighted by molar-refractivity contribution is 0.0535. The molecule has 0 radical (unpaired) electrons. The Bertz CT molecular complexity index is 1300. The lowest BCUT2D eigenvalue weighted by Crippen LogP contribution is -2.45. The van der Waals surface area contributed by atoms with Gasteiger partial charge in [-0.2, -0.15) is 5.10 Å². The normalized spacial score (nSPS) is 20.1. The van der Waals surface area contributed by atoms with Gasteiger partial charge in [-0.05, 0) is 30.2 Å². The lowest BCUT2D eigenvalue weighted by Gasteiger charge is -2.34. The summed E-state index contributed by atoms with van der Waals surface area (Å²) < 4.78 is 12.0. The van der Waals surface area contributed by atoms with E-state index in [2.05, 4.69) is 33.3 Å². The largest absolute Gasteiger partial charge is 0.457 e. The van der Waals surface area contributed by atoms with Gasteiger partial charge in [0.15, 0.2) is 5.82 Å². The highest BCUT2D eigenvalue weighted by Gasteiger charge is 2.28. The van der Waals surface area contributed by atoms with Crippen LogP contribution in [0, 0.1) is 6.92 Å². The fourth-order valence-electron chi connectivity index (χ4n) is 5.06. The second-order valence-corrected chi connectivity index (χ2v) is 9.06. The number of benzene rings is 1. The second kappa shape index (κ2) is 8.79. The summed E-state index contributed by atoms with van der Waals surface area (Å²) in [5.74, 6) is 0.419. The predicted molar refractivity (Wildman–Crippen MR) is 126 cm³/mol. The van der Waals surface area contributed by atoms with Crippen LogP contribution in [0.5, 0.6) is 0 Å². The Morgan fingerprint density at radius 1 is 1.17 bits per heavy atom. The minimum Gasteiger partial charge on any atom is -0.457 e. The topological polar surface area (TPSA) is 102 Å². The van der Waals surface area contributed by atoms with Crippen LogP contribution in [0.2, 0.25) is 0 Å². The van der Waals surface area contributed by atoms with E-state index in [9.17, 15) is 9.59 Å². The van der Waals surface area contributed by atoms with Crippen molar-refractivity contribution in [2.45, 2.75) is 26.1 Å². The van der Waals surface area contributed by atoms with E-state index in [1.807, 2.05) is 24.5 Å². The third-order valence-electron chi connectivity index (χ3n) is 6.92. The van der Waals surface area contributed by atoms with Gasteiger partial charge < -0.3 is 14.8 Å². The molecule has 1 atom stereocenters. The van der Waals surface area contributed by atoms with Crippen LogP contribution in [0.25, 0.3) is 5.82 Å². The molecule has 3 aromatic rings. The maximum absolute atomic E-state index is 11.9. The fraction of sp³-hybridized carbons (Fsp3) is 0.360. The average Bonchev–Trinajstić information content (AvgIpc) is 3.61. The van der Waals surface area contributed by atoms with Crippen LogP contribution < -0.4 is 10.2 Å². The molecule has 3 aliphatic rings. The molecule has 3 aliphatic heterocycles. The van der Waals surface area contributed by atoms with Crippen LogP contribution in [-0.4, -0.2) is 64.5 Å². The molecule has 10 heteroatoms. The molecule has 1 unspecified atom stereocenters. The van der Waals surface area contributed by atoms with Crippen molar-refractivity contribution >= 4 is 17.7 Å². The molecule has 2 fully saturated rings. The quantitative estimate of drug-likeness (QED) is 0.563. The van der Waals surface area contributed by atoms with Crippen molar-refractivity contribution in [2.75, 3.05) is 37.7 Å². The number of esters is 1. The molecule has 1 N–H and O–H groups in total. The molecule has 2 saturated heterocycles. The van der Waals surface area contributed by atoms with Crippen LogP contribution in [0.3, 0.4) is 0 Å². The molecule has 2 aromatic heterocycles. The molecule has 10 nitrogen and oxygen atoms in total. The summed E-state index contributed by atoms with van der Waals surface area (Å²) in [7, 11) is 0. The summed E-state index contributed by atoms with van der Waals surface area (Å²) in [4.78, 5) is 32.2. The number of cyclic esters (lactones) is 2. The Morgan fingerprint density at radius 3 is 2.94 bits per heavy atom. The van der Waals surface area contributed by atoms with E-state index in [1.54, 1.807) is 21.8 Å². The number of aromatic nitrogens is 3. The van der Waals surface area contributed by atoms with E-state index in [0.717, 1.165) is 48.6 Å². The summed E-state index contributed by atoms with van der Waals surface area (Å²) >= 11 is 0. The lowest BCUT2D eigenvalue weighted by atomic mass is 9.93. The summed E-state index contributed by atoms with van der Waals surface area (Å²) in [5.41, 5.74) is 5.87. The minimum atomic E-state index is -0.339. The van der Waals surface area contributed by atoms with E-state index < -0.39 is 0 Å². The van der Waals surface area contributed by atoms with E-state index in [0.29, 0.717) is 31.1 Å². The molecular weight excluding hydrogens is 448 g/mol. The number of carbonyl (C=O) groups excluding carboxylic acids is 2. The zero-order valence-corrected chi connectivity index (χ0v) is 19.4. The summed E-state index contributed by atoms with van der Waals surface area (Å²) in [6.45, 7) is 6.78. The third kappa shape index (κ3) is 4.04. The monoisotopic (exact) mass is 474 g/mol. The Kier molecular flexibility index (Phi) is 5.46. The fourth-order valence-corrected chi connectivity index (χ4v) is 5.06. The number of ether oxygens (including phenoxy) is 2. The smallest absolute Gasteiger partial charge is 0.414 e. The van der Waals surface area contributed by atoms with Gasteiger partial charge in [0, 0.05) is 61.8 Å². The Balaban J connectivity index is 1.16. The van der Waals surface area contributed by atoms with Gasteiger partial charge in [0.05, 0.1) is 24.0 Å². The molecule has 1 aromatic carbocycles. The summed E-state index contributed by atoms with van der Waals surface area (Å²) in [6.07, 6.45) is 5.18. The number of amides is 1. The zero-order valence-electron chi connectivity index (χ0n) is 19.4. The molecule has 35 heavy (non-hydrogen) atoms. The standard InChI is InChI=1S/C25H26N6O4/c1-16-19(2-3-20-21(16)15-35-24(20)32)22-14-29(7-6-26-22)12-17-11-28-31(13-17)23-10-18(4-5-27-23)30-8-9-34-25(30)33/h2-5,10-11,13,22,26H,6-9,12,14-15H2,1H3. The molecule has 1 amide bonds. The highest BCUT2D eigenvalue weighted by atomic mass is 16.6. The Hall–Kier alpha value is -3.76. The average molecular weight is 475 g/mol. The zero-order chi connectivity index (χ0) is 23.9. The Morgan fingerprint density at radius 2 is 2.09 bits per heavy atom. The number of fused-ring (bicyclic) bond motifs is 1. The molecule has 0 saturated carbocycles. The van der Waals surface area contributed by atoms with Crippen LogP contribution in [0.1, 0.15) is 38.7 Å². The highest BCUT2D eigenvalue weighted by molar-refractivity contribution is 5.94. The number of carbonyl (C=O) groups is 2. The van der Waals surface area contributed by atoms with E-state index in [-0.39, 0.29) is 18.1 Å². The van der Waals surface area contributed by atoms with Gasteiger partial charge in [-0.3, -0.25) is 9.80 Å². The van der Waals surface area contributed by atoms with Gasteiger partial charge in [-0.25, -0.2) is 19.3 Å². The van der Waals surface area contributed by atoms with Gasteiger partial charge in [0.25, 0.3) is 0 Å². The first-order valence-corrected chi connectivity index (χ1v) is 11.8.